The molecule has 0 spiro atoms. The number of hydrazone groups is 1. The summed E-state index contributed by atoms with van der Waals surface area (Å²) < 4.78 is 1.86. The molecule has 0 saturated carbocycles. The second-order valence-corrected chi connectivity index (χ2v) is 7.65. The lowest BCUT2D eigenvalue weighted by Gasteiger charge is -2.01. The van der Waals surface area contributed by atoms with Crippen molar-refractivity contribution in [3.05, 3.63) is 88.3 Å². The summed E-state index contributed by atoms with van der Waals surface area (Å²) in [5.74, 6) is -0.208. The highest BCUT2D eigenvalue weighted by Gasteiger charge is 2.11. The lowest BCUT2D eigenvalue weighted by Crippen LogP contribution is -2.19. The van der Waals surface area contributed by atoms with E-state index in [1.165, 1.54) is 11.3 Å². The third-order valence-corrected chi connectivity index (χ3v) is 5.25. The molecule has 8 heteroatoms. The number of aryl methyl sites for hydroxylation is 1. The number of pyridine rings is 1. The van der Waals surface area contributed by atoms with Gasteiger partial charge in [0.05, 0.1) is 19.2 Å². The Balaban J connectivity index is 1.51. The van der Waals surface area contributed by atoms with Gasteiger partial charge in [0.15, 0.2) is 0 Å². The smallest absolute Gasteiger partial charge is 0.246 e. The fourth-order valence-electron chi connectivity index (χ4n) is 2.94. The molecule has 0 atom stereocenters. The maximum absolute atomic E-state index is 12.1. The van der Waals surface area contributed by atoms with E-state index in [-0.39, 0.29) is 12.3 Å². The molecule has 0 radical (unpaired) electrons. The topological polar surface area (TPSA) is 85.1 Å². The summed E-state index contributed by atoms with van der Waals surface area (Å²) in [5.41, 5.74) is 7.07. The van der Waals surface area contributed by atoms with E-state index in [1.807, 2.05) is 53.5 Å². The number of rotatable bonds is 7. The van der Waals surface area contributed by atoms with Crippen molar-refractivity contribution >= 4 is 23.5 Å². The standard InChI is InChI=1S/C22H20N6OS/c1-16-15-30-21(25-16)10-20(29)26-24-12-19-14-28(13-17-6-3-2-4-7-17)27-22(19)18-8-5-9-23-11-18/h2-9,11-12,14-15H,10,13H2,1H3,(H,26,29)/b24-12+. The van der Waals surface area contributed by atoms with Crippen LogP contribution in [-0.2, 0) is 17.8 Å². The lowest BCUT2D eigenvalue weighted by molar-refractivity contribution is -0.120. The van der Waals surface area contributed by atoms with Crippen LogP contribution in [0.4, 0.5) is 0 Å². The number of nitrogens with one attached hydrogen (secondary N) is 1. The summed E-state index contributed by atoms with van der Waals surface area (Å²) in [6, 6.07) is 13.9. The summed E-state index contributed by atoms with van der Waals surface area (Å²) in [5, 5.41) is 11.5. The van der Waals surface area contributed by atoms with Crippen LogP contribution in [0.15, 0.2) is 71.5 Å². The van der Waals surface area contributed by atoms with Crippen molar-refractivity contribution in [3.63, 3.8) is 0 Å². The van der Waals surface area contributed by atoms with Gasteiger partial charge in [0.25, 0.3) is 0 Å². The Morgan fingerprint density at radius 2 is 2.10 bits per heavy atom. The molecule has 30 heavy (non-hydrogen) atoms. The summed E-state index contributed by atoms with van der Waals surface area (Å²) >= 11 is 1.47. The maximum Gasteiger partial charge on any atom is 0.246 e. The molecule has 0 bridgehead atoms. The molecule has 0 aliphatic heterocycles. The fourth-order valence-corrected chi connectivity index (χ4v) is 3.71. The van der Waals surface area contributed by atoms with Crippen LogP contribution in [-0.4, -0.2) is 31.9 Å². The third kappa shape index (κ3) is 5.03. The van der Waals surface area contributed by atoms with Gasteiger partial charge in [-0.1, -0.05) is 30.3 Å². The monoisotopic (exact) mass is 416 g/mol. The lowest BCUT2D eigenvalue weighted by atomic mass is 10.1. The Bertz CT molecular complexity index is 1150. The summed E-state index contributed by atoms with van der Waals surface area (Å²) in [7, 11) is 0. The van der Waals surface area contributed by atoms with Gasteiger partial charge in [-0.15, -0.1) is 11.3 Å². The Morgan fingerprint density at radius 1 is 1.23 bits per heavy atom. The van der Waals surface area contributed by atoms with Crippen molar-refractivity contribution in [2.75, 3.05) is 0 Å². The molecule has 3 aromatic heterocycles. The van der Waals surface area contributed by atoms with E-state index in [0.717, 1.165) is 33.1 Å². The number of carbonyl (C=O) groups is 1. The van der Waals surface area contributed by atoms with E-state index < -0.39 is 0 Å². The average molecular weight is 417 g/mol. The van der Waals surface area contributed by atoms with E-state index >= 15 is 0 Å². The van der Waals surface area contributed by atoms with Crippen LogP contribution in [0.25, 0.3) is 11.3 Å². The zero-order valence-corrected chi connectivity index (χ0v) is 17.2. The molecule has 0 saturated heterocycles. The highest BCUT2D eigenvalue weighted by molar-refractivity contribution is 7.09. The van der Waals surface area contributed by atoms with Crippen LogP contribution in [0.2, 0.25) is 0 Å². The number of thiazole rings is 1. The zero-order valence-electron chi connectivity index (χ0n) is 16.4. The van der Waals surface area contributed by atoms with E-state index in [9.17, 15) is 4.79 Å². The molecule has 1 amide bonds. The van der Waals surface area contributed by atoms with Crippen molar-refractivity contribution in [1.82, 2.24) is 25.2 Å². The SMILES string of the molecule is Cc1csc(CC(=O)N/N=C/c2cn(Cc3ccccc3)nc2-c2cccnc2)n1. The van der Waals surface area contributed by atoms with Gasteiger partial charge < -0.3 is 0 Å². The third-order valence-electron chi connectivity index (χ3n) is 4.28. The second kappa shape index (κ2) is 9.23. The number of aromatic nitrogens is 4. The maximum atomic E-state index is 12.1. The molecule has 0 unspecified atom stereocenters. The highest BCUT2D eigenvalue weighted by Crippen LogP contribution is 2.20. The van der Waals surface area contributed by atoms with E-state index in [1.54, 1.807) is 18.6 Å². The minimum absolute atomic E-state index is 0.207. The van der Waals surface area contributed by atoms with Crippen molar-refractivity contribution in [2.45, 2.75) is 19.9 Å². The Kier molecular flexibility index (Phi) is 6.05. The van der Waals surface area contributed by atoms with Crippen LogP contribution < -0.4 is 5.43 Å². The van der Waals surface area contributed by atoms with Gasteiger partial charge in [-0.3, -0.25) is 14.5 Å². The summed E-state index contributed by atoms with van der Waals surface area (Å²) in [4.78, 5) is 20.6. The van der Waals surface area contributed by atoms with Crippen LogP contribution in [0.5, 0.6) is 0 Å². The predicted molar refractivity (Wildman–Crippen MR) is 117 cm³/mol. The minimum Gasteiger partial charge on any atom is -0.273 e. The molecular weight excluding hydrogens is 396 g/mol. The molecule has 0 aliphatic rings. The summed E-state index contributed by atoms with van der Waals surface area (Å²) in [6.07, 6.45) is 7.21. The quantitative estimate of drug-likeness (QED) is 0.369. The summed E-state index contributed by atoms with van der Waals surface area (Å²) in [6.45, 7) is 2.54. The first-order valence-electron chi connectivity index (χ1n) is 9.42. The Hall–Kier alpha value is -3.65. The molecule has 1 N–H and O–H groups in total. The fraction of sp³-hybridized carbons (Fsp3) is 0.136. The van der Waals surface area contributed by atoms with Crippen molar-refractivity contribution < 1.29 is 4.79 Å². The Labute approximate surface area is 178 Å². The van der Waals surface area contributed by atoms with Gasteiger partial charge in [-0.05, 0) is 24.6 Å². The minimum atomic E-state index is -0.208. The van der Waals surface area contributed by atoms with Crippen molar-refractivity contribution in [3.8, 4) is 11.3 Å². The number of hydrogen-bond donors (Lipinski definition) is 1. The number of benzene rings is 1. The zero-order chi connectivity index (χ0) is 20.8. The molecule has 7 nitrogen and oxygen atoms in total. The Morgan fingerprint density at radius 3 is 2.83 bits per heavy atom. The first-order chi connectivity index (χ1) is 14.7. The van der Waals surface area contributed by atoms with E-state index in [4.69, 9.17) is 5.10 Å². The normalized spacial score (nSPS) is 11.1. The number of nitrogens with zero attached hydrogens (tertiary/aromatic N) is 5. The van der Waals surface area contributed by atoms with E-state index in [2.05, 4.69) is 32.6 Å². The van der Waals surface area contributed by atoms with Gasteiger partial charge in [-0.2, -0.15) is 10.2 Å². The molecular formula is C22H20N6OS. The molecule has 3 heterocycles. The highest BCUT2D eigenvalue weighted by atomic mass is 32.1. The average Bonchev–Trinajstić information content (AvgIpc) is 3.35. The van der Waals surface area contributed by atoms with Crippen molar-refractivity contribution in [2.24, 2.45) is 5.10 Å². The van der Waals surface area contributed by atoms with Crippen LogP contribution in [0.3, 0.4) is 0 Å². The van der Waals surface area contributed by atoms with Gasteiger partial charge in [0.2, 0.25) is 5.91 Å². The molecule has 4 aromatic rings. The van der Waals surface area contributed by atoms with Gasteiger partial charge >= 0.3 is 0 Å². The van der Waals surface area contributed by atoms with E-state index in [0.29, 0.717) is 6.54 Å². The van der Waals surface area contributed by atoms with Crippen LogP contribution >= 0.6 is 11.3 Å². The predicted octanol–water partition coefficient (Wildman–Crippen LogP) is 3.45. The van der Waals surface area contributed by atoms with Crippen LogP contribution in [0.1, 0.15) is 21.8 Å². The second-order valence-electron chi connectivity index (χ2n) is 6.71. The van der Waals surface area contributed by atoms with Crippen LogP contribution in [0, 0.1) is 6.92 Å². The first kappa shape index (κ1) is 19.7. The molecule has 0 fully saturated rings. The van der Waals surface area contributed by atoms with Gasteiger partial charge in [0.1, 0.15) is 10.7 Å². The first-order valence-corrected chi connectivity index (χ1v) is 10.3. The van der Waals surface area contributed by atoms with Gasteiger partial charge in [-0.25, -0.2) is 10.4 Å². The molecule has 150 valence electrons. The number of carbonyl (C=O) groups excluding carboxylic acids is 1. The van der Waals surface area contributed by atoms with Crippen molar-refractivity contribution in [1.29, 1.82) is 0 Å². The van der Waals surface area contributed by atoms with Gasteiger partial charge in [0, 0.05) is 40.8 Å². The molecule has 1 aromatic carbocycles. The number of amides is 1. The molecule has 4 rings (SSSR count). The largest absolute Gasteiger partial charge is 0.273 e. The molecule has 0 aliphatic carbocycles. The number of hydrogen-bond acceptors (Lipinski definition) is 6.